The lowest BCUT2D eigenvalue weighted by Crippen LogP contribution is -2.18. The van der Waals surface area contributed by atoms with E-state index in [2.05, 4.69) is 10.6 Å². The van der Waals surface area contributed by atoms with Crippen LogP contribution < -0.4 is 24.8 Å². The number of benzene rings is 4. The van der Waals surface area contributed by atoms with Gasteiger partial charge < -0.3 is 35.1 Å². The largest absolute Gasteiger partial charge is 0.490 e. The lowest BCUT2D eigenvalue weighted by atomic mass is 10.1. The van der Waals surface area contributed by atoms with Crippen LogP contribution in [0.2, 0.25) is 0 Å². The molecule has 0 bridgehead atoms. The van der Waals surface area contributed by atoms with Gasteiger partial charge in [-0.05, 0) is 72.8 Å². The number of rotatable bonds is 12. The van der Waals surface area contributed by atoms with E-state index in [1.165, 1.54) is 60.7 Å². The third-order valence-corrected chi connectivity index (χ3v) is 5.87. The van der Waals surface area contributed by atoms with Crippen LogP contribution in [0.1, 0.15) is 41.4 Å². The summed E-state index contributed by atoms with van der Waals surface area (Å²) in [6.45, 7) is 0.390. The molecule has 4 aromatic rings. The Labute approximate surface area is 245 Å². The van der Waals surface area contributed by atoms with Gasteiger partial charge in [0, 0.05) is 11.4 Å². The van der Waals surface area contributed by atoms with Gasteiger partial charge in [-0.15, -0.1) is 0 Å². The summed E-state index contributed by atoms with van der Waals surface area (Å²) >= 11 is 0. The second-order valence-electron chi connectivity index (χ2n) is 8.74. The van der Waals surface area contributed by atoms with Crippen molar-refractivity contribution < 1.29 is 43.6 Å². The summed E-state index contributed by atoms with van der Waals surface area (Å²) in [5, 5.41) is 24.2. The minimum atomic E-state index is -1.31. The molecule has 0 aliphatic rings. The van der Waals surface area contributed by atoms with Crippen molar-refractivity contribution in [3.05, 3.63) is 113 Å². The number of carbonyl (C=O) groups excluding carboxylic acids is 2. The zero-order valence-electron chi connectivity index (χ0n) is 22.4. The van der Waals surface area contributed by atoms with Gasteiger partial charge in [-0.25, -0.2) is 9.59 Å². The normalized spacial score (nSPS) is 10.1. The van der Waals surface area contributed by atoms with Gasteiger partial charge >= 0.3 is 11.9 Å². The molecule has 0 aromatic heterocycles. The predicted octanol–water partition coefficient (Wildman–Crippen LogP) is 5.01. The first-order chi connectivity index (χ1) is 20.7. The van der Waals surface area contributed by atoms with Crippen molar-refractivity contribution in [2.45, 2.75) is 0 Å². The Kier molecular flexibility index (Phi) is 9.58. The first-order valence-corrected chi connectivity index (χ1v) is 12.7. The number of carboxylic acids is 2. The maximum absolute atomic E-state index is 13.0. The van der Waals surface area contributed by atoms with Crippen LogP contribution in [0, 0.1) is 12.5 Å². The number of carbonyl (C=O) groups is 4. The van der Waals surface area contributed by atoms with Crippen LogP contribution in [0.5, 0.6) is 17.2 Å². The van der Waals surface area contributed by atoms with E-state index >= 15 is 0 Å². The number of carboxylic acid groups (broad SMARTS) is 2. The van der Waals surface area contributed by atoms with Crippen molar-refractivity contribution in [2.75, 3.05) is 23.8 Å². The highest BCUT2D eigenvalue weighted by molar-refractivity contribution is 6.12. The molecule has 4 N–H and O–H groups in total. The Morgan fingerprint density at radius 2 is 1.07 bits per heavy atom. The van der Waals surface area contributed by atoms with E-state index in [0.29, 0.717) is 17.1 Å². The third-order valence-electron chi connectivity index (χ3n) is 5.87. The second kappa shape index (κ2) is 13.9. The number of para-hydroxylation sites is 1. The average molecular weight is 581 g/mol. The Morgan fingerprint density at radius 3 is 1.56 bits per heavy atom. The third kappa shape index (κ3) is 7.90. The zero-order chi connectivity index (χ0) is 30.8. The van der Waals surface area contributed by atoms with Crippen molar-refractivity contribution in [1.29, 1.82) is 0 Å². The Balaban J connectivity index is 1.42. The molecule has 0 radical (unpaired) electrons. The number of hydrogen-bond donors (Lipinski definition) is 4. The smallest absolute Gasteiger partial charge is 0.336 e. The van der Waals surface area contributed by atoms with Crippen LogP contribution in [0.3, 0.4) is 0 Å². The minimum absolute atomic E-state index is 0.117. The van der Waals surface area contributed by atoms with Crippen molar-refractivity contribution in [3.8, 4) is 29.8 Å². The fraction of sp³-hybridized carbons (Fsp3) is 0.0625. The van der Waals surface area contributed by atoms with Gasteiger partial charge in [-0.2, -0.15) is 0 Å². The molecule has 0 saturated heterocycles. The summed E-state index contributed by atoms with van der Waals surface area (Å²) in [7, 11) is 0. The zero-order valence-corrected chi connectivity index (χ0v) is 22.4. The maximum Gasteiger partial charge on any atom is 0.336 e. The number of hydrogen-bond acceptors (Lipinski definition) is 7. The first kappa shape index (κ1) is 29.7. The van der Waals surface area contributed by atoms with Crippen LogP contribution in [0.25, 0.3) is 0 Å². The highest BCUT2D eigenvalue weighted by Crippen LogP contribution is 2.23. The molecule has 0 fully saturated rings. The lowest BCUT2D eigenvalue weighted by Gasteiger charge is -2.12. The molecule has 2 amide bonds. The standard InChI is InChI=1S/C32H24N2O9/c1-2-41-23-12-14-25(31(37)38)27(18-23)29(35)33-20-8-10-21(11-9-20)34-30(36)28-19-24(13-15-26(28)32(39)40)43-17-16-42-22-6-4-3-5-7-22/h1,3-15,18-19H,16-17H2,(H,33,35)(H,34,36)(H,37,38)(H,39,40). The molecule has 4 aromatic carbocycles. The van der Waals surface area contributed by atoms with Gasteiger partial charge in [0.05, 0.1) is 22.3 Å². The number of aromatic carboxylic acids is 2. The molecule has 0 heterocycles. The van der Waals surface area contributed by atoms with Crippen molar-refractivity contribution in [1.82, 2.24) is 0 Å². The highest BCUT2D eigenvalue weighted by atomic mass is 16.5. The summed E-state index contributed by atoms with van der Waals surface area (Å²) in [4.78, 5) is 49.2. The quantitative estimate of drug-likeness (QED) is 0.133. The summed E-state index contributed by atoms with van der Waals surface area (Å²) in [5.74, 6) is -2.96. The van der Waals surface area contributed by atoms with Crippen LogP contribution in [-0.4, -0.2) is 47.2 Å². The Bertz CT molecular complexity index is 1690. The highest BCUT2D eigenvalue weighted by Gasteiger charge is 2.20. The van der Waals surface area contributed by atoms with Crippen LogP contribution in [0.15, 0.2) is 91.0 Å². The Morgan fingerprint density at radius 1 is 0.605 bits per heavy atom. The van der Waals surface area contributed by atoms with E-state index in [1.54, 1.807) is 12.1 Å². The molecule has 0 saturated carbocycles. The molecule has 0 aliphatic carbocycles. The van der Waals surface area contributed by atoms with Gasteiger partial charge in [0.1, 0.15) is 36.6 Å². The molecule has 0 aliphatic heterocycles. The van der Waals surface area contributed by atoms with Gasteiger partial charge in [0.15, 0.2) is 0 Å². The molecule has 4 rings (SSSR count). The van der Waals surface area contributed by atoms with Crippen LogP contribution >= 0.6 is 0 Å². The van der Waals surface area contributed by atoms with E-state index in [0.717, 1.165) is 0 Å². The predicted molar refractivity (Wildman–Crippen MR) is 156 cm³/mol. The monoisotopic (exact) mass is 580 g/mol. The van der Waals surface area contributed by atoms with E-state index in [4.69, 9.17) is 20.6 Å². The lowest BCUT2D eigenvalue weighted by molar-refractivity contribution is 0.0683. The van der Waals surface area contributed by atoms with Crippen molar-refractivity contribution in [2.24, 2.45) is 0 Å². The average Bonchev–Trinajstić information content (AvgIpc) is 3.00. The Hall–Kier alpha value is -6.28. The molecular formula is C32H24N2O9. The summed E-state index contributed by atoms with van der Waals surface area (Å²) in [5.41, 5.74) is -0.178. The summed E-state index contributed by atoms with van der Waals surface area (Å²) < 4.78 is 16.1. The SMILES string of the molecule is C#COc1ccc(C(=O)O)c(C(=O)Nc2ccc(NC(=O)c3cc(OCCOc4ccccc4)ccc3C(=O)O)cc2)c1. The van der Waals surface area contributed by atoms with Gasteiger partial charge in [-0.3, -0.25) is 9.59 Å². The fourth-order valence-electron chi connectivity index (χ4n) is 3.89. The van der Waals surface area contributed by atoms with Crippen LogP contribution in [0.4, 0.5) is 11.4 Å². The summed E-state index contributed by atoms with van der Waals surface area (Å²) in [6.07, 6.45) is 7.06. The number of terminal acetylenes is 1. The van der Waals surface area contributed by atoms with Crippen molar-refractivity contribution >= 4 is 35.1 Å². The van der Waals surface area contributed by atoms with E-state index in [-0.39, 0.29) is 47.0 Å². The molecule has 0 unspecified atom stereocenters. The number of nitrogens with one attached hydrogen (secondary N) is 2. The first-order valence-electron chi connectivity index (χ1n) is 12.7. The summed E-state index contributed by atoms with van der Waals surface area (Å²) in [6, 6.07) is 22.8. The molecular weight excluding hydrogens is 556 g/mol. The number of ether oxygens (including phenoxy) is 3. The molecule has 0 atom stereocenters. The van der Waals surface area contributed by atoms with Gasteiger partial charge in [0.2, 0.25) is 0 Å². The molecule has 216 valence electrons. The molecule has 11 nitrogen and oxygen atoms in total. The molecule has 0 spiro atoms. The number of amides is 2. The van der Waals surface area contributed by atoms with Gasteiger partial charge in [0.25, 0.3) is 11.8 Å². The topological polar surface area (TPSA) is 160 Å². The second-order valence-corrected chi connectivity index (χ2v) is 8.74. The van der Waals surface area contributed by atoms with Crippen LogP contribution in [-0.2, 0) is 0 Å². The number of anilines is 2. The molecule has 43 heavy (non-hydrogen) atoms. The van der Waals surface area contributed by atoms with E-state index < -0.39 is 23.8 Å². The van der Waals surface area contributed by atoms with Gasteiger partial charge in [-0.1, -0.05) is 24.6 Å². The van der Waals surface area contributed by atoms with E-state index in [9.17, 15) is 29.4 Å². The maximum atomic E-state index is 13.0. The fourth-order valence-corrected chi connectivity index (χ4v) is 3.89. The van der Waals surface area contributed by atoms with E-state index in [1.807, 2.05) is 24.3 Å². The molecule has 11 heteroatoms. The minimum Gasteiger partial charge on any atom is -0.490 e. The van der Waals surface area contributed by atoms with Crippen molar-refractivity contribution in [3.63, 3.8) is 0 Å².